The van der Waals surface area contributed by atoms with E-state index in [0.29, 0.717) is 6.04 Å². The molecule has 0 spiro atoms. The Labute approximate surface area is 118 Å². The number of likely N-dealkylation sites (N-methyl/N-ethyl adjacent to an activating group) is 1. The highest BCUT2D eigenvalue weighted by Crippen LogP contribution is 2.26. The zero-order chi connectivity index (χ0) is 13.3. The monoisotopic (exact) mass is 312 g/mol. The first-order chi connectivity index (χ1) is 8.52. The molecule has 3 nitrogen and oxygen atoms in total. The molecule has 1 aromatic rings. The van der Waals surface area contributed by atoms with Crippen molar-refractivity contribution in [2.24, 2.45) is 0 Å². The molecule has 1 fully saturated rings. The maximum Gasteiger partial charge on any atom is 0.0604 e. The molecular weight excluding hydrogens is 292 g/mol. The summed E-state index contributed by atoms with van der Waals surface area (Å²) < 4.78 is 1.15. The van der Waals surface area contributed by atoms with E-state index in [4.69, 9.17) is 0 Å². The van der Waals surface area contributed by atoms with Crippen LogP contribution in [0, 0.1) is 6.92 Å². The molecule has 0 aliphatic carbocycles. The molecule has 1 aliphatic rings. The van der Waals surface area contributed by atoms with E-state index in [0.717, 1.165) is 17.6 Å². The zero-order valence-corrected chi connectivity index (χ0v) is 12.8. The molecule has 0 aromatic heterocycles. The van der Waals surface area contributed by atoms with Crippen molar-refractivity contribution >= 4 is 21.6 Å². The summed E-state index contributed by atoms with van der Waals surface area (Å²) >= 11 is 3.59. The van der Waals surface area contributed by atoms with E-state index in [2.05, 4.69) is 64.8 Å². The van der Waals surface area contributed by atoms with Crippen molar-refractivity contribution in [2.45, 2.75) is 25.9 Å². The van der Waals surface area contributed by atoms with Crippen molar-refractivity contribution in [1.82, 2.24) is 4.90 Å². The van der Waals surface area contributed by atoms with Gasteiger partial charge in [-0.2, -0.15) is 0 Å². The topological polar surface area (TPSA) is 26.7 Å². The van der Waals surface area contributed by atoms with Crippen molar-refractivity contribution in [3.63, 3.8) is 0 Å². The minimum atomic E-state index is 0.213. The molecule has 2 rings (SSSR count). The lowest BCUT2D eigenvalue weighted by Crippen LogP contribution is -2.57. The van der Waals surface area contributed by atoms with Crippen LogP contribution in [0.3, 0.4) is 0 Å². The van der Waals surface area contributed by atoms with Crippen molar-refractivity contribution < 1.29 is 5.11 Å². The van der Waals surface area contributed by atoms with Gasteiger partial charge in [-0.25, -0.2) is 0 Å². The van der Waals surface area contributed by atoms with Gasteiger partial charge in [-0.1, -0.05) is 22.0 Å². The molecule has 0 bridgehead atoms. The number of rotatable bonds is 2. The van der Waals surface area contributed by atoms with Crippen LogP contribution >= 0.6 is 15.9 Å². The number of piperazine rings is 1. The van der Waals surface area contributed by atoms with E-state index < -0.39 is 0 Å². The number of aryl methyl sites for hydroxylation is 1. The van der Waals surface area contributed by atoms with E-state index in [9.17, 15) is 5.11 Å². The molecule has 18 heavy (non-hydrogen) atoms. The van der Waals surface area contributed by atoms with E-state index in [1.165, 1.54) is 11.3 Å². The number of anilines is 1. The number of hydrogen-bond donors (Lipinski definition) is 1. The first kappa shape index (κ1) is 13.8. The summed E-state index contributed by atoms with van der Waals surface area (Å²) in [6.45, 7) is 6.40. The second kappa shape index (κ2) is 5.59. The Morgan fingerprint density at radius 3 is 2.72 bits per heavy atom. The summed E-state index contributed by atoms with van der Waals surface area (Å²) in [5.74, 6) is 0. The third kappa shape index (κ3) is 2.71. The van der Waals surface area contributed by atoms with Gasteiger partial charge in [0.1, 0.15) is 0 Å². The van der Waals surface area contributed by atoms with Crippen molar-refractivity contribution in [3.05, 3.63) is 28.2 Å². The predicted octanol–water partition coefficient (Wildman–Crippen LogP) is 2.26. The van der Waals surface area contributed by atoms with Crippen LogP contribution in [0.5, 0.6) is 0 Å². The first-order valence-electron chi connectivity index (χ1n) is 6.37. The van der Waals surface area contributed by atoms with Crippen molar-refractivity contribution in [1.29, 1.82) is 0 Å². The summed E-state index contributed by atoms with van der Waals surface area (Å²) in [7, 11) is 2.09. The summed E-state index contributed by atoms with van der Waals surface area (Å²) in [5, 5.41) is 9.47. The van der Waals surface area contributed by atoms with Crippen LogP contribution in [0.2, 0.25) is 0 Å². The number of hydrogen-bond acceptors (Lipinski definition) is 3. The number of halogens is 1. The van der Waals surface area contributed by atoms with E-state index >= 15 is 0 Å². The molecule has 1 aliphatic heterocycles. The second-order valence-corrected chi connectivity index (χ2v) is 6.04. The number of aliphatic hydroxyl groups is 1. The van der Waals surface area contributed by atoms with Gasteiger partial charge >= 0.3 is 0 Å². The molecule has 0 radical (unpaired) electrons. The maximum absolute atomic E-state index is 9.47. The zero-order valence-electron chi connectivity index (χ0n) is 11.2. The predicted molar refractivity (Wildman–Crippen MR) is 79.2 cm³/mol. The van der Waals surface area contributed by atoms with Crippen LogP contribution in [-0.4, -0.2) is 48.8 Å². The number of nitrogens with zero attached hydrogens (tertiary/aromatic N) is 2. The van der Waals surface area contributed by atoms with Crippen LogP contribution in [-0.2, 0) is 0 Å². The maximum atomic E-state index is 9.47. The van der Waals surface area contributed by atoms with Crippen molar-refractivity contribution in [2.75, 3.05) is 31.6 Å². The average Bonchev–Trinajstić information content (AvgIpc) is 2.36. The lowest BCUT2D eigenvalue weighted by Gasteiger charge is -2.44. The van der Waals surface area contributed by atoms with Gasteiger partial charge < -0.3 is 10.0 Å². The fraction of sp³-hybridized carbons (Fsp3) is 0.571. The third-order valence-corrected chi connectivity index (χ3v) is 4.77. The molecular formula is C14H21BrN2O. The van der Waals surface area contributed by atoms with Crippen LogP contribution in [0.25, 0.3) is 0 Å². The van der Waals surface area contributed by atoms with Crippen molar-refractivity contribution in [3.8, 4) is 0 Å². The largest absolute Gasteiger partial charge is 0.395 e. The normalized spacial score (nSPS) is 25.5. The van der Waals surface area contributed by atoms with E-state index in [1.807, 2.05) is 0 Å². The molecule has 1 N–H and O–H groups in total. The molecule has 4 heteroatoms. The highest BCUT2D eigenvalue weighted by Gasteiger charge is 2.29. The highest BCUT2D eigenvalue weighted by atomic mass is 79.9. The molecule has 0 amide bonds. The number of aliphatic hydroxyl groups excluding tert-OH is 1. The van der Waals surface area contributed by atoms with Gasteiger partial charge in [-0.3, -0.25) is 4.90 Å². The Balaban J connectivity index is 2.20. The van der Waals surface area contributed by atoms with Gasteiger partial charge in [-0.15, -0.1) is 0 Å². The molecule has 0 saturated carbocycles. The Morgan fingerprint density at radius 2 is 2.11 bits per heavy atom. The van der Waals surface area contributed by atoms with E-state index in [1.54, 1.807) is 0 Å². The van der Waals surface area contributed by atoms with Gasteiger partial charge in [0.05, 0.1) is 12.6 Å². The highest BCUT2D eigenvalue weighted by molar-refractivity contribution is 9.10. The average molecular weight is 313 g/mol. The summed E-state index contributed by atoms with van der Waals surface area (Å²) in [6, 6.07) is 7.13. The lowest BCUT2D eigenvalue weighted by molar-refractivity contribution is 0.0996. The molecule has 1 aromatic carbocycles. The Morgan fingerprint density at radius 1 is 1.39 bits per heavy atom. The second-order valence-electron chi connectivity index (χ2n) is 5.19. The number of benzene rings is 1. The molecule has 100 valence electrons. The summed E-state index contributed by atoms with van der Waals surface area (Å²) in [6.07, 6.45) is 0. The summed E-state index contributed by atoms with van der Waals surface area (Å²) in [5.41, 5.74) is 2.48. The van der Waals surface area contributed by atoms with Gasteiger partial charge in [0.25, 0.3) is 0 Å². The summed E-state index contributed by atoms with van der Waals surface area (Å²) in [4.78, 5) is 4.62. The molecule has 1 saturated heterocycles. The smallest absolute Gasteiger partial charge is 0.0604 e. The third-order valence-electron chi connectivity index (χ3n) is 3.92. The fourth-order valence-electron chi connectivity index (χ4n) is 2.44. The van der Waals surface area contributed by atoms with Crippen LogP contribution in [0.4, 0.5) is 5.69 Å². The Bertz CT molecular complexity index is 424. The van der Waals surface area contributed by atoms with Gasteiger partial charge in [0.15, 0.2) is 0 Å². The quantitative estimate of drug-likeness (QED) is 0.907. The standard InChI is InChI=1S/C14H21BrN2O/c1-10-4-5-12(6-14(10)15)17-7-11(2)16(3)13(8-17)9-18/h4-6,11,13,18H,7-9H2,1-3H3. The van der Waals surface area contributed by atoms with Gasteiger partial charge in [0.2, 0.25) is 0 Å². The van der Waals surface area contributed by atoms with Crippen LogP contribution < -0.4 is 4.90 Å². The molecule has 2 atom stereocenters. The Kier molecular flexibility index (Phi) is 4.30. The Hall–Kier alpha value is -0.580. The van der Waals surface area contributed by atoms with Crippen LogP contribution in [0.15, 0.2) is 22.7 Å². The van der Waals surface area contributed by atoms with Gasteiger partial charge in [-0.05, 0) is 38.6 Å². The van der Waals surface area contributed by atoms with Crippen LogP contribution in [0.1, 0.15) is 12.5 Å². The van der Waals surface area contributed by atoms with Gasteiger partial charge in [0, 0.05) is 29.3 Å². The lowest BCUT2D eigenvalue weighted by atomic mass is 10.1. The minimum absolute atomic E-state index is 0.213. The molecule has 2 unspecified atom stereocenters. The fourth-order valence-corrected chi connectivity index (χ4v) is 2.81. The minimum Gasteiger partial charge on any atom is -0.395 e. The molecule has 1 heterocycles. The van der Waals surface area contributed by atoms with E-state index in [-0.39, 0.29) is 12.6 Å². The first-order valence-corrected chi connectivity index (χ1v) is 7.16. The SMILES string of the molecule is Cc1ccc(N2CC(C)N(C)C(CO)C2)cc1Br.